The smallest absolute Gasteiger partial charge is 0.416 e. The maximum atomic E-state index is 12.8. The van der Waals surface area contributed by atoms with E-state index in [2.05, 4.69) is 10.2 Å². The number of carbonyl (C=O) groups excluding carboxylic acids is 2. The van der Waals surface area contributed by atoms with E-state index in [0.717, 1.165) is 25.2 Å². The zero-order chi connectivity index (χ0) is 24.6. The van der Waals surface area contributed by atoms with Crippen molar-refractivity contribution < 1.29 is 32.2 Å². The molecule has 0 aliphatic rings. The van der Waals surface area contributed by atoms with Gasteiger partial charge >= 0.3 is 12.1 Å². The Bertz CT molecular complexity index is 979. The molecule has 0 aliphatic heterocycles. The maximum Gasteiger partial charge on any atom is 0.416 e. The van der Waals surface area contributed by atoms with Gasteiger partial charge in [-0.15, -0.1) is 0 Å². The lowest BCUT2D eigenvalue weighted by atomic mass is 10.1. The zero-order valence-corrected chi connectivity index (χ0v) is 19.3. The second-order valence-corrected chi connectivity index (χ2v) is 7.36. The fraction of sp³-hybridized carbons (Fsp3) is 0.391. The van der Waals surface area contributed by atoms with Crippen molar-refractivity contribution >= 4 is 29.2 Å². The van der Waals surface area contributed by atoms with Crippen LogP contribution in [0.2, 0.25) is 5.02 Å². The van der Waals surface area contributed by atoms with Crippen molar-refractivity contribution in [3.63, 3.8) is 0 Å². The Morgan fingerprint density at radius 1 is 1.03 bits per heavy atom. The molecule has 0 aliphatic carbocycles. The minimum atomic E-state index is -4.58. The van der Waals surface area contributed by atoms with Gasteiger partial charge in [-0.1, -0.05) is 25.4 Å². The number of rotatable bonds is 10. The van der Waals surface area contributed by atoms with Gasteiger partial charge in [-0.3, -0.25) is 4.79 Å². The van der Waals surface area contributed by atoms with Gasteiger partial charge in [0.1, 0.15) is 17.9 Å². The number of anilines is 1. The molecule has 1 N–H and O–H groups in total. The molecule has 33 heavy (non-hydrogen) atoms. The van der Waals surface area contributed by atoms with Gasteiger partial charge in [-0.25, -0.2) is 4.79 Å². The first-order valence-electron chi connectivity index (χ1n) is 10.4. The highest BCUT2D eigenvalue weighted by Gasteiger charge is 2.31. The van der Waals surface area contributed by atoms with Crippen LogP contribution in [0.1, 0.15) is 47.1 Å². The molecular weight excluding hydrogens is 461 g/mol. The van der Waals surface area contributed by atoms with Gasteiger partial charge in [-0.2, -0.15) is 13.2 Å². The molecule has 0 saturated heterocycles. The molecule has 0 bridgehead atoms. The number of hydrogen-bond donors (Lipinski definition) is 1. The second kappa shape index (κ2) is 11.9. The van der Waals surface area contributed by atoms with Crippen LogP contribution in [0.15, 0.2) is 36.4 Å². The van der Waals surface area contributed by atoms with Crippen molar-refractivity contribution in [2.75, 3.05) is 38.2 Å². The predicted molar refractivity (Wildman–Crippen MR) is 120 cm³/mol. The Hall–Kier alpha value is -2.78. The van der Waals surface area contributed by atoms with Crippen LogP contribution >= 0.6 is 11.6 Å². The Kier molecular flexibility index (Phi) is 9.55. The van der Waals surface area contributed by atoms with Gasteiger partial charge in [0, 0.05) is 12.2 Å². The van der Waals surface area contributed by atoms with E-state index in [-0.39, 0.29) is 28.4 Å². The van der Waals surface area contributed by atoms with E-state index in [1.165, 1.54) is 18.2 Å². The van der Waals surface area contributed by atoms with Gasteiger partial charge < -0.3 is 19.7 Å². The average Bonchev–Trinajstić information content (AvgIpc) is 2.76. The highest BCUT2D eigenvalue weighted by atomic mass is 35.5. The summed E-state index contributed by atoms with van der Waals surface area (Å²) >= 11 is 5.89. The number of hydrogen-bond acceptors (Lipinski definition) is 5. The van der Waals surface area contributed by atoms with Crippen molar-refractivity contribution in [1.82, 2.24) is 4.90 Å². The summed E-state index contributed by atoms with van der Waals surface area (Å²) in [6, 6.07) is 6.90. The average molecular weight is 487 g/mol. The van der Waals surface area contributed by atoms with Crippen LogP contribution in [-0.2, 0) is 10.9 Å². The third-order valence-electron chi connectivity index (χ3n) is 4.83. The van der Waals surface area contributed by atoms with Gasteiger partial charge in [0.25, 0.3) is 5.91 Å². The van der Waals surface area contributed by atoms with Gasteiger partial charge in [0.2, 0.25) is 0 Å². The third kappa shape index (κ3) is 7.36. The van der Waals surface area contributed by atoms with E-state index in [0.29, 0.717) is 25.0 Å². The molecule has 0 spiro atoms. The largest absolute Gasteiger partial charge is 0.491 e. The molecule has 2 aromatic carbocycles. The van der Waals surface area contributed by atoms with Crippen molar-refractivity contribution in [3.05, 3.63) is 58.1 Å². The monoisotopic (exact) mass is 486 g/mol. The maximum absolute atomic E-state index is 12.8. The molecule has 0 saturated carbocycles. The molecule has 2 aromatic rings. The molecule has 6 nitrogen and oxygen atoms in total. The van der Waals surface area contributed by atoms with Crippen LogP contribution < -0.4 is 10.1 Å². The number of esters is 1. The molecule has 1 amide bonds. The number of alkyl halides is 3. The third-order valence-corrected chi connectivity index (χ3v) is 5.15. The van der Waals surface area contributed by atoms with Gasteiger partial charge in [-0.05, 0) is 56.4 Å². The summed E-state index contributed by atoms with van der Waals surface area (Å²) in [6.45, 7) is 8.62. The first-order chi connectivity index (χ1) is 15.6. The minimum absolute atomic E-state index is 0.118. The van der Waals surface area contributed by atoms with Crippen LogP contribution in [0.4, 0.5) is 18.9 Å². The van der Waals surface area contributed by atoms with Crippen LogP contribution in [0.25, 0.3) is 0 Å². The highest BCUT2D eigenvalue weighted by molar-refractivity contribution is 6.34. The molecule has 0 fully saturated rings. The number of carbonyl (C=O) groups is 2. The lowest BCUT2D eigenvalue weighted by Crippen LogP contribution is -2.28. The first kappa shape index (κ1) is 26.5. The molecular formula is C23H26ClF3N2O4. The van der Waals surface area contributed by atoms with E-state index in [1.807, 2.05) is 13.8 Å². The Morgan fingerprint density at radius 3 is 2.30 bits per heavy atom. The lowest BCUT2D eigenvalue weighted by Gasteiger charge is -2.19. The summed E-state index contributed by atoms with van der Waals surface area (Å²) in [5.41, 5.74) is -0.746. The molecule has 180 valence electrons. The predicted octanol–water partition coefficient (Wildman–Crippen LogP) is 5.51. The highest BCUT2D eigenvalue weighted by Crippen LogP contribution is 2.32. The van der Waals surface area contributed by atoms with Crippen LogP contribution in [0.5, 0.6) is 5.75 Å². The number of benzene rings is 2. The molecule has 0 radical (unpaired) electrons. The van der Waals surface area contributed by atoms with Crippen LogP contribution in [0.3, 0.4) is 0 Å². The Morgan fingerprint density at radius 2 is 1.73 bits per heavy atom. The number of nitrogens with one attached hydrogen (secondary N) is 1. The zero-order valence-electron chi connectivity index (χ0n) is 18.6. The number of nitrogens with zero attached hydrogens (tertiary/aromatic N) is 1. The summed E-state index contributed by atoms with van der Waals surface area (Å²) in [4.78, 5) is 27.1. The molecule has 0 atom stereocenters. The fourth-order valence-corrected chi connectivity index (χ4v) is 3.27. The van der Waals surface area contributed by atoms with E-state index >= 15 is 0 Å². The summed E-state index contributed by atoms with van der Waals surface area (Å²) in [5, 5.41) is 2.19. The second-order valence-electron chi connectivity index (χ2n) is 6.95. The van der Waals surface area contributed by atoms with E-state index in [9.17, 15) is 22.8 Å². The van der Waals surface area contributed by atoms with Crippen molar-refractivity contribution in [2.24, 2.45) is 0 Å². The topological polar surface area (TPSA) is 67.9 Å². The van der Waals surface area contributed by atoms with Gasteiger partial charge in [0.05, 0.1) is 22.8 Å². The normalized spacial score (nSPS) is 11.4. The quantitative estimate of drug-likeness (QED) is 0.449. The SMILES string of the molecule is CCOC(=O)c1cc(NC(=O)c2ccc(C(F)(F)F)cc2Cl)ccc1OCCN(CC)CC. The molecule has 0 heterocycles. The minimum Gasteiger partial charge on any atom is -0.491 e. The van der Waals surface area contributed by atoms with Crippen LogP contribution in [0, 0.1) is 0 Å². The summed E-state index contributed by atoms with van der Waals surface area (Å²) < 4.78 is 49.3. The summed E-state index contributed by atoms with van der Waals surface area (Å²) in [7, 11) is 0. The van der Waals surface area contributed by atoms with Crippen molar-refractivity contribution in [3.8, 4) is 5.75 Å². The Labute approximate surface area is 195 Å². The summed E-state index contributed by atoms with van der Waals surface area (Å²) in [5.74, 6) is -1.05. The number of ether oxygens (including phenoxy) is 2. The number of amides is 1. The standard InChI is InChI=1S/C23H26ClF3N2O4/c1-4-29(5-2)11-12-33-20-10-8-16(14-18(20)22(31)32-6-3)28-21(30)17-9-7-15(13-19(17)24)23(25,26)27/h7-10,13-14H,4-6,11-12H2,1-3H3,(H,28,30). The van der Waals surface area contributed by atoms with E-state index < -0.39 is 23.6 Å². The lowest BCUT2D eigenvalue weighted by molar-refractivity contribution is -0.137. The van der Waals surface area contributed by atoms with E-state index in [4.69, 9.17) is 21.1 Å². The van der Waals surface area contributed by atoms with Crippen molar-refractivity contribution in [2.45, 2.75) is 26.9 Å². The number of likely N-dealkylation sites (N-methyl/N-ethyl adjacent to an activating group) is 1. The molecule has 10 heteroatoms. The van der Waals surface area contributed by atoms with Crippen LogP contribution in [-0.4, -0.2) is 49.6 Å². The van der Waals surface area contributed by atoms with Gasteiger partial charge in [0.15, 0.2) is 0 Å². The molecule has 0 unspecified atom stereocenters. The molecule has 2 rings (SSSR count). The van der Waals surface area contributed by atoms with E-state index in [1.54, 1.807) is 6.92 Å². The Balaban J connectivity index is 2.22. The first-order valence-corrected chi connectivity index (χ1v) is 10.8. The molecule has 0 aromatic heterocycles. The number of halogens is 4. The van der Waals surface area contributed by atoms with Crippen molar-refractivity contribution in [1.29, 1.82) is 0 Å². The fourth-order valence-electron chi connectivity index (χ4n) is 3.00. The summed E-state index contributed by atoms with van der Waals surface area (Å²) in [6.07, 6.45) is -4.58.